The van der Waals surface area contributed by atoms with Crippen LogP contribution >= 0.6 is 25.0 Å². The van der Waals surface area contributed by atoms with Crippen LogP contribution in [0.2, 0.25) is 0 Å². The molecule has 17 heavy (non-hydrogen) atoms. The standard InChI is InChI=1S/C13H27NOS.ClH/c1-9(2)13(16)12(15)11(14)8-10-6-4-3-5-7-10;/h9-13,15-16H,3-8,14H2,1-2H3;1H. The predicted molar refractivity (Wildman–Crippen MR) is 80.0 cm³/mol. The molecule has 0 aromatic carbocycles. The first kappa shape index (κ1) is 17.6. The Morgan fingerprint density at radius 1 is 1.24 bits per heavy atom. The summed E-state index contributed by atoms with van der Waals surface area (Å²) in [5, 5.41) is 10.1. The van der Waals surface area contributed by atoms with Crippen LogP contribution in [0.5, 0.6) is 0 Å². The molecule has 2 nitrogen and oxygen atoms in total. The van der Waals surface area contributed by atoms with E-state index in [0.29, 0.717) is 5.92 Å². The molecule has 1 aliphatic carbocycles. The molecule has 0 spiro atoms. The summed E-state index contributed by atoms with van der Waals surface area (Å²) in [5.41, 5.74) is 6.09. The second-order valence-corrected chi connectivity index (χ2v) is 6.23. The fourth-order valence-corrected chi connectivity index (χ4v) is 2.82. The van der Waals surface area contributed by atoms with Crippen LogP contribution in [0.4, 0.5) is 0 Å². The van der Waals surface area contributed by atoms with E-state index in [2.05, 4.69) is 26.5 Å². The van der Waals surface area contributed by atoms with Gasteiger partial charge in [0.2, 0.25) is 0 Å². The van der Waals surface area contributed by atoms with E-state index in [0.717, 1.165) is 12.3 Å². The fourth-order valence-electron chi connectivity index (χ4n) is 2.59. The molecule has 0 saturated heterocycles. The SMILES string of the molecule is CC(C)C(S)C(O)C(N)CC1CCCCC1.Cl. The molecule has 1 saturated carbocycles. The molecule has 0 aromatic rings. The molecule has 3 unspecified atom stereocenters. The van der Waals surface area contributed by atoms with E-state index in [1.54, 1.807) is 0 Å². The van der Waals surface area contributed by atoms with Crippen molar-refractivity contribution in [3.8, 4) is 0 Å². The highest BCUT2D eigenvalue weighted by molar-refractivity contribution is 7.81. The Bertz CT molecular complexity index is 198. The first-order chi connectivity index (χ1) is 7.52. The Morgan fingerprint density at radius 3 is 2.24 bits per heavy atom. The fraction of sp³-hybridized carbons (Fsp3) is 1.00. The molecule has 1 aliphatic rings. The van der Waals surface area contributed by atoms with Crippen LogP contribution in [0.15, 0.2) is 0 Å². The van der Waals surface area contributed by atoms with Crippen LogP contribution in [0, 0.1) is 11.8 Å². The zero-order valence-electron chi connectivity index (χ0n) is 11.0. The number of rotatable bonds is 5. The zero-order valence-corrected chi connectivity index (χ0v) is 12.7. The Labute approximate surface area is 118 Å². The van der Waals surface area contributed by atoms with Gasteiger partial charge in [-0.1, -0.05) is 46.0 Å². The van der Waals surface area contributed by atoms with Gasteiger partial charge in [-0.2, -0.15) is 12.6 Å². The van der Waals surface area contributed by atoms with E-state index in [1.807, 2.05) is 0 Å². The topological polar surface area (TPSA) is 46.2 Å². The molecule has 0 radical (unpaired) electrons. The van der Waals surface area contributed by atoms with Gasteiger partial charge in [-0.3, -0.25) is 0 Å². The van der Waals surface area contributed by atoms with Gasteiger partial charge in [0.05, 0.1) is 6.10 Å². The minimum Gasteiger partial charge on any atom is -0.390 e. The highest BCUT2D eigenvalue weighted by atomic mass is 35.5. The van der Waals surface area contributed by atoms with Gasteiger partial charge in [0.25, 0.3) is 0 Å². The highest BCUT2D eigenvalue weighted by Gasteiger charge is 2.27. The number of aliphatic hydroxyl groups excluding tert-OH is 1. The van der Waals surface area contributed by atoms with Gasteiger partial charge in [-0.25, -0.2) is 0 Å². The Kier molecular flexibility index (Phi) is 8.91. The maximum atomic E-state index is 10.1. The number of hydrogen-bond acceptors (Lipinski definition) is 3. The summed E-state index contributed by atoms with van der Waals surface area (Å²) in [6.07, 6.45) is 7.12. The summed E-state index contributed by atoms with van der Waals surface area (Å²) in [4.78, 5) is 0. The maximum absolute atomic E-state index is 10.1. The lowest BCUT2D eigenvalue weighted by molar-refractivity contribution is 0.112. The Balaban J connectivity index is 0.00000256. The van der Waals surface area contributed by atoms with Gasteiger partial charge in [0.15, 0.2) is 0 Å². The molecule has 3 atom stereocenters. The summed E-state index contributed by atoms with van der Waals surface area (Å²) in [6.45, 7) is 4.16. The van der Waals surface area contributed by atoms with Crippen molar-refractivity contribution in [3.63, 3.8) is 0 Å². The van der Waals surface area contributed by atoms with Crippen LogP contribution < -0.4 is 5.73 Å². The Morgan fingerprint density at radius 2 is 1.76 bits per heavy atom. The van der Waals surface area contributed by atoms with Crippen molar-refractivity contribution < 1.29 is 5.11 Å². The predicted octanol–water partition coefficient (Wildman–Crippen LogP) is 3.02. The number of nitrogens with two attached hydrogens (primary N) is 1. The molecule has 0 aliphatic heterocycles. The lowest BCUT2D eigenvalue weighted by Crippen LogP contribution is -2.44. The van der Waals surface area contributed by atoms with Crippen molar-refractivity contribution in [1.29, 1.82) is 0 Å². The molecule has 0 heterocycles. The minimum atomic E-state index is -0.467. The van der Waals surface area contributed by atoms with Gasteiger partial charge in [0, 0.05) is 11.3 Å². The van der Waals surface area contributed by atoms with Crippen molar-refractivity contribution >= 4 is 25.0 Å². The minimum absolute atomic E-state index is 0. The Hall–Kier alpha value is 0.560. The van der Waals surface area contributed by atoms with Gasteiger partial charge in [-0.05, 0) is 18.3 Å². The lowest BCUT2D eigenvalue weighted by atomic mass is 9.83. The van der Waals surface area contributed by atoms with Crippen molar-refractivity contribution in [2.75, 3.05) is 0 Å². The van der Waals surface area contributed by atoms with Gasteiger partial charge < -0.3 is 10.8 Å². The number of halogens is 1. The average molecular weight is 282 g/mol. The van der Waals surface area contributed by atoms with E-state index < -0.39 is 6.10 Å². The second-order valence-electron chi connectivity index (χ2n) is 5.63. The summed E-state index contributed by atoms with van der Waals surface area (Å²) < 4.78 is 0. The third-order valence-corrected chi connectivity index (χ3v) is 4.70. The van der Waals surface area contributed by atoms with Crippen molar-refractivity contribution in [1.82, 2.24) is 0 Å². The third kappa shape index (κ3) is 5.82. The van der Waals surface area contributed by atoms with Crippen molar-refractivity contribution in [2.45, 2.75) is 69.8 Å². The summed E-state index contributed by atoms with van der Waals surface area (Å²) in [5.74, 6) is 1.10. The van der Waals surface area contributed by atoms with Crippen LogP contribution in [0.25, 0.3) is 0 Å². The number of aliphatic hydroxyl groups is 1. The van der Waals surface area contributed by atoms with Gasteiger partial charge in [0.1, 0.15) is 0 Å². The van der Waals surface area contributed by atoms with Crippen LogP contribution in [-0.4, -0.2) is 22.5 Å². The van der Waals surface area contributed by atoms with E-state index >= 15 is 0 Å². The quantitative estimate of drug-likeness (QED) is 0.679. The van der Waals surface area contributed by atoms with E-state index in [4.69, 9.17) is 5.73 Å². The average Bonchev–Trinajstić information content (AvgIpc) is 2.28. The maximum Gasteiger partial charge on any atom is 0.0809 e. The molecule has 0 aromatic heterocycles. The summed E-state index contributed by atoms with van der Waals surface area (Å²) >= 11 is 4.45. The van der Waals surface area contributed by atoms with Crippen molar-refractivity contribution in [3.05, 3.63) is 0 Å². The molecule has 3 N–H and O–H groups in total. The lowest BCUT2D eigenvalue weighted by Gasteiger charge is -2.30. The third-order valence-electron chi connectivity index (χ3n) is 3.80. The first-order valence-electron chi connectivity index (χ1n) is 6.64. The summed E-state index contributed by atoms with van der Waals surface area (Å²) in [7, 11) is 0. The molecule has 1 rings (SSSR count). The highest BCUT2D eigenvalue weighted by Crippen LogP contribution is 2.28. The molecule has 1 fully saturated rings. The second kappa shape index (κ2) is 8.63. The van der Waals surface area contributed by atoms with Gasteiger partial charge >= 0.3 is 0 Å². The van der Waals surface area contributed by atoms with Gasteiger partial charge in [-0.15, -0.1) is 12.4 Å². The number of hydrogen-bond donors (Lipinski definition) is 3. The van der Waals surface area contributed by atoms with Crippen molar-refractivity contribution in [2.24, 2.45) is 17.6 Å². The molecular formula is C13H28ClNOS. The van der Waals surface area contributed by atoms with Crippen LogP contribution in [-0.2, 0) is 0 Å². The molecule has 0 amide bonds. The normalized spacial score (nSPS) is 22.9. The molecule has 104 valence electrons. The van der Waals surface area contributed by atoms with E-state index in [9.17, 15) is 5.11 Å². The molecule has 4 heteroatoms. The molecular weight excluding hydrogens is 254 g/mol. The summed E-state index contributed by atoms with van der Waals surface area (Å²) in [6, 6.07) is -0.104. The monoisotopic (exact) mass is 281 g/mol. The smallest absolute Gasteiger partial charge is 0.0809 e. The number of thiol groups is 1. The zero-order chi connectivity index (χ0) is 12.1. The van der Waals surface area contributed by atoms with E-state index in [-0.39, 0.29) is 23.7 Å². The van der Waals surface area contributed by atoms with Crippen LogP contribution in [0.1, 0.15) is 52.4 Å². The van der Waals surface area contributed by atoms with E-state index in [1.165, 1.54) is 32.1 Å². The largest absolute Gasteiger partial charge is 0.390 e. The van der Waals surface area contributed by atoms with Crippen LogP contribution in [0.3, 0.4) is 0 Å². The molecule has 0 bridgehead atoms. The first-order valence-corrected chi connectivity index (χ1v) is 7.15.